The number of aromatic nitrogens is 2. The number of ether oxygens (including phenoxy) is 2. The third kappa shape index (κ3) is 4.50. The highest BCUT2D eigenvalue weighted by molar-refractivity contribution is 5.70. The van der Waals surface area contributed by atoms with Gasteiger partial charge < -0.3 is 14.8 Å². The van der Waals surface area contributed by atoms with Crippen LogP contribution in [0, 0.1) is 13.8 Å². The number of carbonyl (C=O) groups is 1. The number of benzene rings is 3. The summed E-state index contributed by atoms with van der Waals surface area (Å²) >= 11 is 0. The van der Waals surface area contributed by atoms with Gasteiger partial charge in [0.2, 0.25) is 0 Å². The number of para-hydroxylation sites is 2. The zero-order valence-corrected chi connectivity index (χ0v) is 16.7. The number of nitrogens with one attached hydrogen (secondary N) is 1. The summed E-state index contributed by atoms with van der Waals surface area (Å²) in [6, 6.07) is 24.4. The van der Waals surface area contributed by atoms with Gasteiger partial charge in [-0.3, -0.25) is 0 Å². The van der Waals surface area contributed by atoms with Crippen molar-refractivity contribution in [2.45, 2.75) is 13.8 Å². The van der Waals surface area contributed by atoms with Gasteiger partial charge in [-0.1, -0.05) is 36.4 Å². The Balaban J connectivity index is 1.46. The predicted molar refractivity (Wildman–Crippen MR) is 116 cm³/mol. The fourth-order valence-electron chi connectivity index (χ4n) is 3.14. The van der Waals surface area contributed by atoms with Gasteiger partial charge in [0.25, 0.3) is 0 Å². The van der Waals surface area contributed by atoms with Crippen molar-refractivity contribution in [1.29, 1.82) is 0 Å². The molecule has 150 valence electrons. The molecule has 0 aliphatic carbocycles. The molecule has 1 heterocycles. The van der Waals surface area contributed by atoms with Crippen molar-refractivity contribution < 1.29 is 14.3 Å². The van der Waals surface area contributed by atoms with Crippen LogP contribution in [-0.4, -0.2) is 15.9 Å². The predicted octanol–water partition coefficient (Wildman–Crippen LogP) is 5.81. The normalized spacial score (nSPS) is 10.5. The van der Waals surface area contributed by atoms with Gasteiger partial charge >= 0.3 is 6.16 Å². The van der Waals surface area contributed by atoms with Crippen molar-refractivity contribution in [1.82, 2.24) is 9.78 Å². The molecule has 1 aromatic heterocycles. The summed E-state index contributed by atoms with van der Waals surface area (Å²) < 4.78 is 12.5. The summed E-state index contributed by atoms with van der Waals surface area (Å²) in [5.74, 6) is 1.64. The Bertz CT molecular complexity index is 1130. The third-order valence-corrected chi connectivity index (χ3v) is 4.47. The maximum absolute atomic E-state index is 12.1. The van der Waals surface area contributed by atoms with Gasteiger partial charge in [0.1, 0.15) is 11.5 Å². The fourth-order valence-corrected chi connectivity index (χ4v) is 3.14. The second-order valence-electron chi connectivity index (χ2n) is 6.81. The summed E-state index contributed by atoms with van der Waals surface area (Å²) in [6.07, 6.45) is 1.13. The molecule has 6 heteroatoms. The molecule has 4 aromatic rings. The first-order valence-electron chi connectivity index (χ1n) is 9.52. The molecule has 3 aromatic carbocycles. The van der Waals surface area contributed by atoms with Crippen LogP contribution >= 0.6 is 0 Å². The summed E-state index contributed by atoms with van der Waals surface area (Å²) in [4.78, 5) is 12.1. The number of aryl methyl sites for hydroxylation is 2. The first-order valence-corrected chi connectivity index (χ1v) is 9.52. The van der Waals surface area contributed by atoms with Crippen LogP contribution in [0.15, 0.2) is 85.1 Å². The minimum Gasteiger partial charge on any atom is -0.395 e. The van der Waals surface area contributed by atoms with Gasteiger partial charge in [0, 0.05) is 18.0 Å². The van der Waals surface area contributed by atoms with E-state index in [0.29, 0.717) is 11.5 Å². The van der Waals surface area contributed by atoms with E-state index in [2.05, 4.69) is 10.4 Å². The molecule has 0 saturated heterocycles. The monoisotopic (exact) mass is 399 g/mol. The lowest BCUT2D eigenvalue weighted by atomic mass is 10.1. The van der Waals surface area contributed by atoms with Gasteiger partial charge in [-0.05, 0) is 61.4 Å². The molecular weight excluding hydrogens is 378 g/mol. The molecule has 0 fully saturated rings. The molecule has 1 N–H and O–H groups in total. The molecule has 0 aliphatic rings. The van der Waals surface area contributed by atoms with E-state index in [1.54, 1.807) is 28.9 Å². The molecular formula is C24H21N3O3. The molecule has 0 saturated carbocycles. The molecule has 4 rings (SSSR count). The number of nitrogens with zero attached hydrogens (tertiary/aromatic N) is 2. The van der Waals surface area contributed by atoms with E-state index in [9.17, 15) is 4.79 Å². The van der Waals surface area contributed by atoms with Crippen molar-refractivity contribution >= 4 is 17.7 Å². The van der Waals surface area contributed by atoms with Crippen LogP contribution in [0.4, 0.5) is 16.3 Å². The minimum atomic E-state index is -0.769. The Kier molecular flexibility index (Phi) is 5.48. The average molecular weight is 399 g/mol. The van der Waals surface area contributed by atoms with Crippen molar-refractivity contribution in [3.05, 3.63) is 96.2 Å². The Morgan fingerprint density at radius 2 is 1.50 bits per heavy atom. The first-order chi connectivity index (χ1) is 14.6. The van der Waals surface area contributed by atoms with Crippen LogP contribution in [0.25, 0.3) is 5.69 Å². The summed E-state index contributed by atoms with van der Waals surface area (Å²) in [5, 5.41) is 7.85. The number of hydrogen-bond acceptors (Lipinski definition) is 5. The minimum absolute atomic E-state index is 0.435. The molecule has 0 spiro atoms. The zero-order valence-electron chi connectivity index (χ0n) is 16.7. The Morgan fingerprint density at radius 1 is 0.867 bits per heavy atom. The number of rotatable bonds is 5. The van der Waals surface area contributed by atoms with Crippen LogP contribution in [0.1, 0.15) is 11.1 Å². The number of anilines is 2. The van der Waals surface area contributed by atoms with E-state index in [1.807, 2.05) is 74.6 Å². The summed E-state index contributed by atoms with van der Waals surface area (Å²) in [6.45, 7) is 3.76. The van der Waals surface area contributed by atoms with Gasteiger partial charge in [-0.2, -0.15) is 5.10 Å². The largest absolute Gasteiger partial charge is 0.519 e. The molecule has 0 radical (unpaired) electrons. The molecule has 6 nitrogen and oxygen atoms in total. The van der Waals surface area contributed by atoms with E-state index >= 15 is 0 Å². The van der Waals surface area contributed by atoms with Crippen LogP contribution < -0.4 is 14.8 Å². The topological polar surface area (TPSA) is 65.4 Å². The summed E-state index contributed by atoms with van der Waals surface area (Å²) in [7, 11) is 0. The van der Waals surface area contributed by atoms with Gasteiger partial charge in [0.15, 0.2) is 5.82 Å². The standard InChI is InChI=1S/C24H21N3O3/c1-17-15-19(25-22-13-14-27(26-22)20-9-5-3-6-10-20)16-18(2)23(17)30-24(28)29-21-11-7-4-8-12-21/h3-16H,1-2H3,(H,25,26). The Hall–Kier alpha value is -4.06. The van der Waals surface area contributed by atoms with Crippen molar-refractivity contribution in [3.8, 4) is 17.2 Å². The molecule has 0 aliphatic heterocycles. The Labute approximate surface area is 174 Å². The van der Waals surface area contributed by atoms with Crippen LogP contribution in [0.5, 0.6) is 11.5 Å². The van der Waals surface area contributed by atoms with Crippen molar-refractivity contribution in [3.63, 3.8) is 0 Å². The quantitative estimate of drug-likeness (QED) is 0.339. The highest BCUT2D eigenvalue weighted by Gasteiger charge is 2.14. The first kappa shape index (κ1) is 19.3. The lowest BCUT2D eigenvalue weighted by Gasteiger charge is -2.13. The fraction of sp³-hybridized carbons (Fsp3) is 0.0833. The molecule has 30 heavy (non-hydrogen) atoms. The molecule has 0 bridgehead atoms. The van der Waals surface area contributed by atoms with E-state index in [-0.39, 0.29) is 0 Å². The van der Waals surface area contributed by atoms with E-state index < -0.39 is 6.16 Å². The maximum atomic E-state index is 12.1. The summed E-state index contributed by atoms with van der Waals surface area (Å²) in [5.41, 5.74) is 3.46. The van der Waals surface area contributed by atoms with Crippen LogP contribution in [-0.2, 0) is 0 Å². The molecule has 0 amide bonds. The van der Waals surface area contributed by atoms with E-state index in [4.69, 9.17) is 9.47 Å². The third-order valence-electron chi connectivity index (χ3n) is 4.47. The lowest BCUT2D eigenvalue weighted by molar-refractivity contribution is 0.151. The highest BCUT2D eigenvalue weighted by atomic mass is 16.7. The second kappa shape index (κ2) is 8.53. The smallest absolute Gasteiger partial charge is 0.395 e. The SMILES string of the molecule is Cc1cc(Nc2ccn(-c3ccccc3)n2)cc(C)c1OC(=O)Oc1ccccc1. The maximum Gasteiger partial charge on any atom is 0.519 e. The van der Waals surface area contributed by atoms with Crippen LogP contribution in [0.2, 0.25) is 0 Å². The van der Waals surface area contributed by atoms with Gasteiger partial charge in [0.05, 0.1) is 5.69 Å². The number of hydrogen-bond donors (Lipinski definition) is 1. The Morgan fingerprint density at radius 3 is 2.17 bits per heavy atom. The molecule has 0 atom stereocenters. The zero-order chi connectivity index (χ0) is 20.9. The van der Waals surface area contributed by atoms with Crippen molar-refractivity contribution in [2.24, 2.45) is 0 Å². The van der Waals surface area contributed by atoms with E-state index in [0.717, 1.165) is 28.3 Å². The lowest BCUT2D eigenvalue weighted by Crippen LogP contribution is -2.15. The molecule has 0 unspecified atom stereocenters. The van der Waals surface area contributed by atoms with Crippen molar-refractivity contribution in [2.75, 3.05) is 5.32 Å². The average Bonchev–Trinajstić information content (AvgIpc) is 3.21. The number of carbonyl (C=O) groups excluding carboxylic acids is 1. The van der Waals surface area contributed by atoms with Gasteiger partial charge in [-0.25, -0.2) is 9.48 Å². The van der Waals surface area contributed by atoms with E-state index in [1.165, 1.54) is 0 Å². The van der Waals surface area contributed by atoms with Gasteiger partial charge in [-0.15, -0.1) is 0 Å². The highest BCUT2D eigenvalue weighted by Crippen LogP contribution is 2.29. The second-order valence-corrected chi connectivity index (χ2v) is 6.81. The van der Waals surface area contributed by atoms with Crippen LogP contribution in [0.3, 0.4) is 0 Å².